The first-order chi connectivity index (χ1) is 15.5. The highest BCUT2D eigenvalue weighted by atomic mass is 16.5. The Balaban J connectivity index is 1.38. The van der Waals surface area contributed by atoms with Crippen molar-refractivity contribution in [1.82, 2.24) is 0 Å². The second-order valence-corrected chi connectivity index (χ2v) is 11.4. The highest BCUT2D eigenvalue weighted by molar-refractivity contribution is 6.35. The Hall–Kier alpha value is -1.35. The number of rotatable bonds is 6. The Bertz CT molecular complexity index is 797. The van der Waals surface area contributed by atoms with Gasteiger partial charge in [0.15, 0.2) is 6.10 Å². The predicted molar refractivity (Wildman–Crippen MR) is 117 cm³/mol. The molecule has 0 spiro atoms. The van der Waals surface area contributed by atoms with Gasteiger partial charge in [-0.2, -0.15) is 0 Å². The molecule has 4 aliphatic rings. The summed E-state index contributed by atoms with van der Waals surface area (Å²) in [6, 6.07) is 0. The molecule has 4 N–H and O–H groups in total. The molecule has 1 unspecified atom stereocenters. The van der Waals surface area contributed by atoms with E-state index < -0.39 is 42.8 Å². The molecule has 0 saturated heterocycles. The average Bonchev–Trinajstić information content (AvgIpc) is 3.11. The summed E-state index contributed by atoms with van der Waals surface area (Å²) < 4.78 is 5.42. The van der Waals surface area contributed by atoms with E-state index in [9.17, 15) is 29.7 Å². The van der Waals surface area contributed by atoms with E-state index in [1.807, 2.05) is 0 Å². The second-order valence-electron chi connectivity index (χ2n) is 11.4. The monoisotopic (exact) mass is 466 g/mol. The van der Waals surface area contributed by atoms with Gasteiger partial charge in [-0.1, -0.05) is 13.8 Å². The molecule has 0 aliphatic heterocycles. The van der Waals surface area contributed by atoms with Crippen molar-refractivity contribution in [2.45, 2.75) is 96.1 Å². The molecular formula is C25H38O8. The maximum absolute atomic E-state index is 12.6. The van der Waals surface area contributed by atoms with Crippen LogP contribution in [-0.4, -0.2) is 69.0 Å². The fourth-order valence-electron chi connectivity index (χ4n) is 7.90. The largest absolute Gasteiger partial charge is 0.457 e. The maximum Gasteiger partial charge on any atom is 0.377 e. The van der Waals surface area contributed by atoms with Crippen LogP contribution >= 0.6 is 0 Å². The van der Waals surface area contributed by atoms with Crippen LogP contribution in [0.2, 0.25) is 0 Å². The molecule has 8 heteroatoms. The van der Waals surface area contributed by atoms with Crippen LogP contribution in [0.3, 0.4) is 0 Å². The van der Waals surface area contributed by atoms with E-state index in [-0.39, 0.29) is 10.8 Å². The quantitative estimate of drug-likeness (QED) is 0.337. The number of esters is 1. The van der Waals surface area contributed by atoms with Crippen molar-refractivity contribution in [3.8, 4) is 0 Å². The number of hydrogen-bond donors (Lipinski definition) is 4. The van der Waals surface area contributed by atoms with Crippen LogP contribution in [-0.2, 0) is 19.1 Å². The van der Waals surface area contributed by atoms with Gasteiger partial charge in [-0.15, -0.1) is 0 Å². The lowest BCUT2D eigenvalue weighted by Gasteiger charge is -2.60. The van der Waals surface area contributed by atoms with Crippen LogP contribution in [0.5, 0.6) is 0 Å². The topological polar surface area (TPSA) is 141 Å². The molecule has 4 fully saturated rings. The molecule has 4 rings (SSSR count). The van der Waals surface area contributed by atoms with Crippen LogP contribution < -0.4 is 0 Å². The van der Waals surface area contributed by atoms with E-state index in [1.165, 1.54) is 0 Å². The Labute approximate surface area is 194 Å². The molecule has 186 valence electrons. The van der Waals surface area contributed by atoms with Crippen molar-refractivity contribution in [2.75, 3.05) is 6.61 Å². The zero-order valence-corrected chi connectivity index (χ0v) is 19.6. The van der Waals surface area contributed by atoms with Crippen molar-refractivity contribution < 1.29 is 39.5 Å². The van der Waals surface area contributed by atoms with Crippen molar-refractivity contribution in [1.29, 1.82) is 0 Å². The molecule has 0 radical (unpaired) electrons. The Morgan fingerprint density at radius 2 is 1.76 bits per heavy atom. The van der Waals surface area contributed by atoms with Gasteiger partial charge < -0.3 is 25.2 Å². The molecule has 8 nitrogen and oxygen atoms in total. The average molecular weight is 467 g/mol. The van der Waals surface area contributed by atoms with Crippen LogP contribution in [0.15, 0.2) is 0 Å². The van der Waals surface area contributed by atoms with Crippen molar-refractivity contribution >= 4 is 17.5 Å². The standard InChI is InChI=1S/C25H38O8/c1-24-9-7-14(33-23(32)22(31)21(30)20(29)18(27)12-26)11-13(24)3-4-15-16-5-6-19(28)25(16,2)10-8-17(15)24/h13-18,20-21,26-27,29-30H,3-12H2,1-2H3/t13?,14-,15+,16+,17+,18+,20-,21+,24+,25+/m1/s1. The van der Waals surface area contributed by atoms with E-state index in [0.29, 0.717) is 48.7 Å². The summed E-state index contributed by atoms with van der Waals surface area (Å²) in [4.78, 5) is 37.1. The molecule has 0 aromatic heterocycles. The normalized spacial score (nSPS) is 43.0. The van der Waals surface area contributed by atoms with Crippen molar-refractivity contribution in [2.24, 2.45) is 34.5 Å². The number of fused-ring (bicyclic) bond motifs is 5. The summed E-state index contributed by atoms with van der Waals surface area (Å²) in [5.74, 6) is -0.0960. The van der Waals surface area contributed by atoms with Crippen LogP contribution in [0.25, 0.3) is 0 Å². The molecule has 4 saturated carbocycles. The third-order valence-electron chi connectivity index (χ3n) is 9.97. The number of aliphatic hydroxyl groups is 4. The lowest BCUT2D eigenvalue weighted by molar-refractivity contribution is -0.173. The van der Waals surface area contributed by atoms with Crippen LogP contribution in [0.4, 0.5) is 0 Å². The number of Topliss-reactive ketones (excluding diaryl/α,β-unsaturated/α-hetero) is 2. The molecule has 4 aliphatic carbocycles. The summed E-state index contributed by atoms with van der Waals surface area (Å²) in [6.07, 6.45) is 1.79. The lowest BCUT2D eigenvalue weighted by Crippen LogP contribution is -2.54. The highest BCUT2D eigenvalue weighted by Gasteiger charge is 2.60. The molecule has 10 atom stereocenters. The minimum atomic E-state index is -2.14. The number of ketones is 2. The molecule has 33 heavy (non-hydrogen) atoms. The first kappa shape index (κ1) is 24.8. The van der Waals surface area contributed by atoms with Gasteiger partial charge in [0.25, 0.3) is 5.78 Å². The van der Waals surface area contributed by atoms with Gasteiger partial charge in [-0.05, 0) is 80.5 Å². The number of hydrogen-bond acceptors (Lipinski definition) is 8. The molecule has 0 aromatic carbocycles. The summed E-state index contributed by atoms with van der Waals surface area (Å²) in [5, 5.41) is 37.8. The summed E-state index contributed by atoms with van der Waals surface area (Å²) in [7, 11) is 0. The van der Waals surface area contributed by atoms with Gasteiger partial charge >= 0.3 is 5.97 Å². The SMILES string of the molecule is C[C@]12CC[C@@H](OC(=O)C(=O)[C@@H](O)[C@H](O)[C@@H](O)CO)CC1CC[C@@H]1[C@@H]2CC[C@]2(C)C(=O)CC[C@@H]12. The summed E-state index contributed by atoms with van der Waals surface area (Å²) in [6.45, 7) is 3.68. The number of carbonyl (C=O) groups is 3. The minimum absolute atomic E-state index is 0.129. The fraction of sp³-hybridized carbons (Fsp3) is 0.880. The number of aliphatic hydroxyl groups excluding tert-OH is 4. The smallest absolute Gasteiger partial charge is 0.377 e. The van der Waals surface area contributed by atoms with E-state index >= 15 is 0 Å². The van der Waals surface area contributed by atoms with Gasteiger partial charge in [0.05, 0.1) is 6.61 Å². The first-order valence-corrected chi connectivity index (χ1v) is 12.5. The highest BCUT2D eigenvalue weighted by Crippen LogP contribution is 2.65. The Kier molecular flexibility index (Phi) is 6.77. The third kappa shape index (κ3) is 4.07. The number of carbonyl (C=O) groups excluding carboxylic acids is 3. The van der Waals surface area contributed by atoms with E-state index in [1.54, 1.807) is 0 Å². The Morgan fingerprint density at radius 1 is 1.03 bits per heavy atom. The van der Waals surface area contributed by atoms with E-state index in [4.69, 9.17) is 9.84 Å². The maximum atomic E-state index is 12.6. The zero-order chi connectivity index (χ0) is 24.1. The molecule has 0 heterocycles. The van der Waals surface area contributed by atoms with Crippen molar-refractivity contribution in [3.05, 3.63) is 0 Å². The molecule has 0 bridgehead atoms. The van der Waals surface area contributed by atoms with E-state index in [0.717, 1.165) is 38.5 Å². The van der Waals surface area contributed by atoms with Crippen molar-refractivity contribution in [3.63, 3.8) is 0 Å². The summed E-state index contributed by atoms with van der Waals surface area (Å²) >= 11 is 0. The van der Waals surface area contributed by atoms with Gasteiger partial charge in [-0.3, -0.25) is 9.59 Å². The zero-order valence-electron chi connectivity index (χ0n) is 19.6. The van der Waals surface area contributed by atoms with E-state index in [2.05, 4.69) is 13.8 Å². The molecule has 0 amide bonds. The summed E-state index contributed by atoms with van der Waals surface area (Å²) in [5.41, 5.74) is -0.0177. The minimum Gasteiger partial charge on any atom is -0.457 e. The van der Waals surface area contributed by atoms with Gasteiger partial charge in [0, 0.05) is 11.8 Å². The van der Waals surface area contributed by atoms with Gasteiger partial charge in [0.1, 0.15) is 24.1 Å². The Morgan fingerprint density at radius 3 is 2.45 bits per heavy atom. The second kappa shape index (κ2) is 9.02. The van der Waals surface area contributed by atoms with Crippen LogP contribution in [0, 0.1) is 34.5 Å². The first-order valence-electron chi connectivity index (χ1n) is 12.5. The fourth-order valence-corrected chi connectivity index (χ4v) is 7.90. The van der Waals surface area contributed by atoms with Gasteiger partial charge in [0.2, 0.25) is 0 Å². The number of ether oxygens (including phenoxy) is 1. The van der Waals surface area contributed by atoms with Crippen LogP contribution in [0.1, 0.15) is 71.6 Å². The predicted octanol–water partition coefficient (Wildman–Crippen LogP) is 1.15. The van der Waals surface area contributed by atoms with Gasteiger partial charge in [-0.25, -0.2) is 4.79 Å². The third-order valence-corrected chi connectivity index (χ3v) is 9.97. The molecule has 0 aromatic rings. The molecular weight excluding hydrogens is 428 g/mol. The lowest BCUT2D eigenvalue weighted by atomic mass is 9.45.